The standard InChI is InChI=1S/C17H20N2O4S2/c1-24(20,21)19-11-5-8-15-12-16(9-10-17(15)19)25(22,23)18-13-14-6-3-2-4-7-14/h2-4,6-7,9-10,12,18H,5,8,11,13H2,1H3. The number of hydrogen-bond donors (Lipinski definition) is 1. The lowest BCUT2D eigenvalue weighted by atomic mass is 10.0. The number of anilines is 1. The molecule has 1 aliphatic heterocycles. The van der Waals surface area contributed by atoms with E-state index in [-0.39, 0.29) is 11.4 Å². The lowest BCUT2D eigenvalue weighted by Crippen LogP contribution is -2.34. The summed E-state index contributed by atoms with van der Waals surface area (Å²) < 4.78 is 52.7. The Morgan fingerprint density at radius 2 is 1.76 bits per heavy atom. The van der Waals surface area contributed by atoms with Gasteiger partial charge in [-0.25, -0.2) is 21.6 Å². The quantitative estimate of drug-likeness (QED) is 0.858. The fourth-order valence-corrected chi connectivity index (χ4v) is 4.97. The number of sulfonamides is 2. The highest BCUT2D eigenvalue weighted by Gasteiger charge is 2.25. The van der Waals surface area contributed by atoms with Crippen molar-refractivity contribution >= 4 is 25.7 Å². The van der Waals surface area contributed by atoms with Crippen LogP contribution in [-0.2, 0) is 33.0 Å². The predicted octanol–water partition coefficient (Wildman–Crippen LogP) is 1.88. The molecular weight excluding hydrogens is 360 g/mol. The Kier molecular flexibility index (Phi) is 4.86. The van der Waals surface area contributed by atoms with E-state index in [9.17, 15) is 16.8 Å². The Morgan fingerprint density at radius 1 is 1.04 bits per heavy atom. The van der Waals surface area contributed by atoms with Gasteiger partial charge in [0.2, 0.25) is 20.0 Å². The third kappa shape index (κ3) is 4.02. The maximum Gasteiger partial charge on any atom is 0.240 e. The molecule has 0 fully saturated rings. The van der Waals surface area contributed by atoms with Gasteiger partial charge in [-0.3, -0.25) is 4.31 Å². The minimum absolute atomic E-state index is 0.150. The van der Waals surface area contributed by atoms with E-state index in [1.807, 2.05) is 30.3 Å². The highest BCUT2D eigenvalue weighted by molar-refractivity contribution is 7.92. The minimum atomic E-state index is -3.66. The molecule has 3 rings (SSSR count). The first-order chi connectivity index (χ1) is 11.8. The molecule has 0 amide bonds. The molecule has 2 aromatic carbocycles. The van der Waals surface area contributed by atoms with Crippen molar-refractivity contribution < 1.29 is 16.8 Å². The summed E-state index contributed by atoms with van der Waals surface area (Å²) in [5, 5.41) is 0. The van der Waals surface area contributed by atoms with Crippen molar-refractivity contribution in [2.45, 2.75) is 24.3 Å². The summed E-state index contributed by atoms with van der Waals surface area (Å²) >= 11 is 0. The summed E-state index contributed by atoms with van der Waals surface area (Å²) in [6.45, 7) is 0.625. The smallest absolute Gasteiger partial charge is 0.240 e. The first-order valence-electron chi connectivity index (χ1n) is 7.91. The first kappa shape index (κ1) is 17.9. The molecule has 25 heavy (non-hydrogen) atoms. The molecule has 0 saturated carbocycles. The highest BCUT2D eigenvalue weighted by Crippen LogP contribution is 2.31. The topological polar surface area (TPSA) is 83.6 Å². The van der Waals surface area contributed by atoms with Gasteiger partial charge < -0.3 is 0 Å². The third-order valence-electron chi connectivity index (χ3n) is 4.15. The average Bonchev–Trinajstić information content (AvgIpc) is 2.59. The van der Waals surface area contributed by atoms with E-state index in [2.05, 4.69) is 4.72 Å². The van der Waals surface area contributed by atoms with Gasteiger partial charge in [-0.15, -0.1) is 0 Å². The molecular formula is C17H20N2O4S2. The van der Waals surface area contributed by atoms with Gasteiger partial charge in [0, 0.05) is 13.1 Å². The summed E-state index contributed by atoms with van der Waals surface area (Å²) in [5.41, 5.74) is 2.17. The van der Waals surface area contributed by atoms with Gasteiger partial charge >= 0.3 is 0 Å². The monoisotopic (exact) mass is 380 g/mol. The summed E-state index contributed by atoms with van der Waals surface area (Å²) in [6.07, 6.45) is 2.48. The Bertz CT molecular complexity index is 971. The SMILES string of the molecule is CS(=O)(=O)N1CCCc2cc(S(=O)(=O)NCc3ccccc3)ccc21. The second-order valence-corrected chi connectivity index (χ2v) is 9.71. The maximum absolute atomic E-state index is 12.5. The van der Waals surface area contributed by atoms with Gasteiger partial charge in [-0.2, -0.15) is 0 Å². The average molecular weight is 380 g/mol. The van der Waals surface area contributed by atoms with Crippen LogP contribution < -0.4 is 9.03 Å². The van der Waals surface area contributed by atoms with Gasteiger partial charge in [0.25, 0.3) is 0 Å². The van der Waals surface area contributed by atoms with E-state index in [1.54, 1.807) is 12.1 Å². The molecule has 134 valence electrons. The largest absolute Gasteiger partial charge is 0.270 e. The fraction of sp³-hybridized carbons (Fsp3) is 0.294. The zero-order valence-corrected chi connectivity index (χ0v) is 15.5. The predicted molar refractivity (Wildman–Crippen MR) is 97.4 cm³/mol. The van der Waals surface area contributed by atoms with Gasteiger partial charge in [0.05, 0.1) is 16.8 Å². The van der Waals surface area contributed by atoms with Crippen LogP contribution in [0.2, 0.25) is 0 Å². The Hall–Kier alpha value is -1.90. The van der Waals surface area contributed by atoms with Crippen molar-refractivity contribution in [2.24, 2.45) is 0 Å². The molecule has 0 aliphatic carbocycles. The van der Waals surface area contributed by atoms with Gasteiger partial charge in [0.1, 0.15) is 0 Å². The molecule has 6 nitrogen and oxygen atoms in total. The van der Waals surface area contributed by atoms with Crippen molar-refractivity contribution in [3.05, 3.63) is 59.7 Å². The summed E-state index contributed by atoms with van der Waals surface area (Å²) in [6, 6.07) is 13.9. The van der Waals surface area contributed by atoms with E-state index in [0.717, 1.165) is 17.4 Å². The molecule has 0 radical (unpaired) electrons. The van der Waals surface area contributed by atoms with Crippen molar-refractivity contribution in [1.82, 2.24) is 4.72 Å². The summed E-state index contributed by atoms with van der Waals surface area (Å²) in [7, 11) is -7.03. The normalized spacial score (nSPS) is 15.0. The van der Waals surface area contributed by atoms with Crippen molar-refractivity contribution in [3.63, 3.8) is 0 Å². The maximum atomic E-state index is 12.5. The molecule has 0 saturated heterocycles. The third-order valence-corrected chi connectivity index (χ3v) is 6.73. The number of aryl methyl sites for hydroxylation is 1. The van der Waals surface area contributed by atoms with Crippen LogP contribution in [-0.4, -0.2) is 29.6 Å². The Morgan fingerprint density at radius 3 is 2.44 bits per heavy atom. The number of nitrogens with one attached hydrogen (secondary N) is 1. The molecule has 0 spiro atoms. The van der Waals surface area contributed by atoms with E-state index >= 15 is 0 Å². The van der Waals surface area contributed by atoms with Crippen LogP contribution in [0.4, 0.5) is 5.69 Å². The zero-order chi connectivity index (χ0) is 18.1. The van der Waals surface area contributed by atoms with Crippen molar-refractivity contribution in [2.75, 3.05) is 17.1 Å². The lowest BCUT2D eigenvalue weighted by Gasteiger charge is -2.29. The first-order valence-corrected chi connectivity index (χ1v) is 11.2. The molecule has 0 bridgehead atoms. The zero-order valence-electron chi connectivity index (χ0n) is 13.8. The van der Waals surface area contributed by atoms with Crippen LogP contribution >= 0.6 is 0 Å². The van der Waals surface area contributed by atoms with Crippen LogP contribution in [0.25, 0.3) is 0 Å². The van der Waals surface area contributed by atoms with Crippen molar-refractivity contribution in [3.8, 4) is 0 Å². The molecule has 8 heteroatoms. The second-order valence-electron chi connectivity index (χ2n) is 6.04. The minimum Gasteiger partial charge on any atom is -0.270 e. The number of hydrogen-bond acceptors (Lipinski definition) is 4. The van der Waals surface area contributed by atoms with E-state index in [4.69, 9.17) is 0 Å². The Labute approximate surface area is 148 Å². The van der Waals surface area contributed by atoms with E-state index < -0.39 is 20.0 Å². The van der Waals surface area contributed by atoms with Gasteiger partial charge in [-0.05, 0) is 42.2 Å². The number of rotatable bonds is 5. The molecule has 1 heterocycles. The van der Waals surface area contributed by atoms with Crippen LogP contribution in [0.1, 0.15) is 17.5 Å². The van der Waals surface area contributed by atoms with E-state index in [1.165, 1.54) is 10.4 Å². The van der Waals surface area contributed by atoms with E-state index in [0.29, 0.717) is 25.1 Å². The van der Waals surface area contributed by atoms with Crippen LogP contribution in [0.5, 0.6) is 0 Å². The summed E-state index contributed by atoms with van der Waals surface area (Å²) in [5.74, 6) is 0. The number of fused-ring (bicyclic) bond motifs is 1. The number of benzene rings is 2. The summed E-state index contributed by atoms with van der Waals surface area (Å²) in [4.78, 5) is 0.150. The highest BCUT2D eigenvalue weighted by atomic mass is 32.2. The molecule has 2 aromatic rings. The lowest BCUT2D eigenvalue weighted by molar-refractivity contribution is 0.581. The Balaban J connectivity index is 1.86. The van der Waals surface area contributed by atoms with Crippen molar-refractivity contribution in [1.29, 1.82) is 0 Å². The fourth-order valence-electron chi connectivity index (χ4n) is 2.91. The molecule has 0 aromatic heterocycles. The molecule has 0 unspecified atom stereocenters. The molecule has 1 aliphatic rings. The molecule has 0 atom stereocenters. The second kappa shape index (κ2) is 6.78. The van der Waals surface area contributed by atoms with Crippen LogP contribution in [0.15, 0.2) is 53.4 Å². The molecule has 1 N–H and O–H groups in total. The number of nitrogens with zero attached hydrogens (tertiary/aromatic N) is 1. The van der Waals surface area contributed by atoms with Crippen LogP contribution in [0.3, 0.4) is 0 Å². The van der Waals surface area contributed by atoms with Gasteiger partial charge in [0.15, 0.2) is 0 Å². The van der Waals surface area contributed by atoms with Crippen LogP contribution in [0, 0.1) is 0 Å². The van der Waals surface area contributed by atoms with Gasteiger partial charge in [-0.1, -0.05) is 30.3 Å².